The van der Waals surface area contributed by atoms with Gasteiger partial charge in [-0.15, -0.1) is 5.10 Å². The number of esters is 1. The Bertz CT molecular complexity index is 796. The second-order valence-electron chi connectivity index (χ2n) is 7.36. The smallest absolute Gasteiger partial charge is 0.407 e. The topological polar surface area (TPSA) is 91.7 Å². The van der Waals surface area contributed by atoms with E-state index in [0.717, 1.165) is 5.56 Å². The van der Waals surface area contributed by atoms with E-state index in [4.69, 9.17) is 14.2 Å². The summed E-state index contributed by atoms with van der Waals surface area (Å²) < 4.78 is 17.2. The van der Waals surface area contributed by atoms with Crippen molar-refractivity contribution in [3.8, 4) is 5.88 Å². The zero-order valence-corrected chi connectivity index (χ0v) is 16.9. The number of benzene rings is 1. The molecular formula is C20H27N3O5. The molecule has 152 valence electrons. The standard InChI is InChI=1S/C20H27N3O5/c1-14(21-19(25)28-20(2,3)4)13-27-17-11-16(18(24)26-5)23(22-17)12-15-9-7-6-8-10-15/h6-11,14H,12-13H2,1-5H3,(H,21,25)/t14-/m0/s1. The van der Waals surface area contributed by atoms with Crippen LogP contribution >= 0.6 is 0 Å². The van der Waals surface area contributed by atoms with Crippen LogP contribution in [0.4, 0.5) is 4.79 Å². The second kappa shape index (κ2) is 9.25. The Morgan fingerprint density at radius 2 is 1.89 bits per heavy atom. The van der Waals surface area contributed by atoms with Crippen molar-refractivity contribution < 1.29 is 23.8 Å². The molecule has 8 heteroatoms. The first-order chi connectivity index (χ1) is 13.2. The summed E-state index contributed by atoms with van der Waals surface area (Å²) in [6.45, 7) is 7.74. The Labute approximate surface area is 164 Å². The molecule has 0 saturated carbocycles. The van der Waals surface area contributed by atoms with Gasteiger partial charge in [-0.05, 0) is 33.3 Å². The van der Waals surface area contributed by atoms with Crippen LogP contribution in [0.25, 0.3) is 0 Å². The molecule has 1 N–H and O–H groups in total. The number of methoxy groups -OCH3 is 1. The van der Waals surface area contributed by atoms with Crippen molar-refractivity contribution in [2.45, 2.75) is 45.9 Å². The highest BCUT2D eigenvalue weighted by Gasteiger charge is 2.20. The second-order valence-corrected chi connectivity index (χ2v) is 7.36. The first kappa shape index (κ1) is 21.3. The van der Waals surface area contributed by atoms with Crippen molar-refractivity contribution in [1.29, 1.82) is 0 Å². The molecule has 2 rings (SSSR count). The average molecular weight is 389 g/mol. The number of hydrogen-bond acceptors (Lipinski definition) is 6. The first-order valence-electron chi connectivity index (χ1n) is 9.00. The third-order valence-corrected chi connectivity index (χ3v) is 3.57. The van der Waals surface area contributed by atoms with Crippen molar-refractivity contribution in [1.82, 2.24) is 15.1 Å². The van der Waals surface area contributed by atoms with E-state index in [1.807, 2.05) is 30.3 Å². The van der Waals surface area contributed by atoms with Crippen molar-refractivity contribution in [2.24, 2.45) is 0 Å². The van der Waals surface area contributed by atoms with Crippen LogP contribution in [-0.4, -0.2) is 47.2 Å². The monoisotopic (exact) mass is 389 g/mol. The molecule has 0 saturated heterocycles. The highest BCUT2D eigenvalue weighted by atomic mass is 16.6. The van der Waals surface area contributed by atoms with Crippen molar-refractivity contribution in [3.63, 3.8) is 0 Å². The van der Waals surface area contributed by atoms with E-state index in [1.54, 1.807) is 27.7 Å². The zero-order valence-electron chi connectivity index (χ0n) is 16.9. The van der Waals surface area contributed by atoms with E-state index in [9.17, 15) is 9.59 Å². The van der Waals surface area contributed by atoms with Gasteiger partial charge in [0.05, 0.1) is 19.7 Å². The molecule has 0 aliphatic heterocycles. The number of aromatic nitrogens is 2. The number of nitrogens with one attached hydrogen (secondary N) is 1. The summed E-state index contributed by atoms with van der Waals surface area (Å²) in [6.07, 6.45) is -0.520. The number of alkyl carbamates (subject to hydrolysis) is 1. The number of carbonyl (C=O) groups is 2. The highest BCUT2D eigenvalue weighted by molar-refractivity contribution is 5.87. The Hall–Kier alpha value is -3.03. The van der Waals surface area contributed by atoms with E-state index < -0.39 is 17.7 Å². The maximum Gasteiger partial charge on any atom is 0.407 e. The maximum absolute atomic E-state index is 12.0. The van der Waals surface area contributed by atoms with Crippen molar-refractivity contribution >= 4 is 12.1 Å². The molecule has 0 fully saturated rings. The maximum atomic E-state index is 12.0. The lowest BCUT2D eigenvalue weighted by Gasteiger charge is -2.21. The lowest BCUT2D eigenvalue weighted by Crippen LogP contribution is -2.40. The van der Waals surface area contributed by atoms with E-state index in [0.29, 0.717) is 6.54 Å². The zero-order chi connectivity index (χ0) is 20.7. The Balaban J connectivity index is 2.01. The van der Waals surface area contributed by atoms with Crippen molar-refractivity contribution in [3.05, 3.63) is 47.7 Å². The number of carbonyl (C=O) groups excluding carboxylic acids is 2. The van der Waals surface area contributed by atoms with E-state index in [1.165, 1.54) is 17.9 Å². The minimum atomic E-state index is -0.573. The summed E-state index contributed by atoms with van der Waals surface area (Å²) in [4.78, 5) is 23.8. The fourth-order valence-electron chi connectivity index (χ4n) is 2.37. The van der Waals surface area contributed by atoms with Gasteiger partial charge in [0.15, 0.2) is 5.69 Å². The van der Waals surface area contributed by atoms with Crippen LogP contribution in [0.3, 0.4) is 0 Å². The fraction of sp³-hybridized carbons (Fsp3) is 0.450. The number of nitrogens with zero attached hydrogens (tertiary/aromatic N) is 2. The van der Waals surface area contributed by atoms with Gasteiger partial charge in [0, 0.05) is 6.07 Å². The molecule has 0 aliphatic rings. The summed E-state index contributed by atoms with van der Waals surface area (Å²) in [5.41, 5.74) is 0.701. The van der Waals surface area contributed by atoms with E-state index >= 15 is 0 Å². The molecule has 1 aromatic carbocycles. The molecule has 1 aromatic heterocycles. The van der Waals surface area contributed by atoms with Gasteiger partial charge >= 0.3 is 12.1 Å². The Morgan fingerprint density at radius 1 is 1.21 bits per heavy atom. The van der Waals surface area contributed by atoms with Gasteiger partial charge in [-0.1, -0.05) is 30.3 Å². The quantitative estimate of drug-likeness (QED) is 0.732. The van der Waals surface area contributed by atoms with Crippen molar-refractivity contribution in [2.75, 3.05) is 13.7 Å². The number of amides is 1. The van der Waals surface area contributed by atoms with Gasteiger partial charge in [-0.25, -0.2) is 14.3 Å². The minimum Gasteiger partial charge on any atom is -0.474 e. The average Bonchev–Trinajstić information content (AvgIpc) is 3.01. The molecule has 0 radical (unpaired) electrons. The molecule has 1 amide bonds. The third kappa shape index (κ3) is 6.61. The van der Waals surface area contributed by atoms with E-state index in [2.05, 4.69) is 10.4 Å². The summed E-state index contributed by atoms with van der Waals surface area (Å²) in [6, 6.07) is 10.8. The van der Waals surface area contributed by atoms with Crippen LogP contribution < -0.4 is 10.1 Å². The van der Waals surface area contributed by atoms with Crippen LogP contribution in [0.1, 0.15) is 43.7 Å². The van der Waals surface area contributed by atoms with Crippen LogP contribution in [-0.2, 0) is 16.0 Å². The summed E-state index contributed by atoms with van der Waals surface area (Å²) >= 11 is 0. The van der Waals surface area contributed by atoms with Crippen LogP contribution in [0.5, 0.6) is 5.88 Å². The van der Waals surface area contributed by atoms with Crippen LogP contribution in [0, 0.1) is 0 Å². The molecule has 1 atom stereocenters. The fourth-order valence-corrected chi connectivity index (χ4v) is 2.37. The van der Waals surface area contributed by atoms with Gasteiger partial charge in [-0.3, -0.25) is 0 Å². The van der Waals surface area contributed by atoms with Gasteiger partial charge < -0.3 is 19.5 Å². The number of hydrogen-bond donors (Lipinski definition) is 1. The van der Waals surface area contributed by atoms with Crippen LogP contribution in [0.15, 0.2) is 36.4 Å². The predicted octanol–water partition coefficient (Wildman–Crippen LogP) is 3.01. The molecule has 1 heterocycles. The molecule has 8 nitrogen and oxygen atoms in total. The third-order valence-electron chi connectivity index (χ3n) is 3.57. The molecule has 0 aliphatic carbocycles. The van der Waals surface area contributed by atoms with Gasteiger partial charge in [-0.2, -0.15) is 0 Å². The Kier molecular flexibility index (Phi) is 7.03. The van der Waals surface area contributed by atoms with Crippen LogP contribution in [0.2, 0.25) is 0 Å². The predicted molar refractivity (Wildman–Crippen MR) is 103 cm³/mol. The Morgan fingerprint density at radius 3 is 2.50 bits per heavy atom. The van der Waals surface area contributed by atoms with E-state index in [-0.39, 0.29) is 24.2 Å². The number of rotatable bonds is 7. The molecule has 0 spiro atoms. The lowest BCUT2D eigenvalue weighted by molar-refractivity contribution is 0.0492. The van der Waals surface area contributed by atoms with Gasteiger partial charge in [0.1, 0.15) is 12.2 Å². The normalized spacial score (nSPS) is 12.2. The molecule has 2 aromatic rings. The molecule has 28 heavy (non-hydrogen) atoms. The molecular weight excluding hydrogens is 362 g/mol. The largest absolute Gasteiger partial charge is 0.474 e. The molecule has 0 unspecified atom stereocenters. The lowest BCUT2D eigenvalue weighted by atomic mass is 10.2. The molecule has 0 bridgehead atoms. The SMILES string of the molecule is COC(=O)c1cc(OC[C@H](C)NC(=O)OC(C)(C)C)nn1Cc1ccccc1. The highest BCUT2D eigenvalue weighted by Crippen LogP contribution is 2.15. The summed E-state index contributed by atoms with van der Waals surface area (Å²) in [7, 11) is 1.32. The minimum absolute atomic E-state index is 0.169. The first-order valence-corrected chi connectivity index (χ1v) is 9.00. The number of ether oxygens (including phenoxy) is 3. The summed E-state index contributed by atoms with van der Waals surface area (Å²) in [5, 5.41) is 7.02. The van der Waals surface area contributed by atoms with Gasteiger partial charge in [0.25, 0.3) is 0 Å². The summed E-state index contributed by atoms with van der Waals surface area (Å²) in [5.74, 6) is -0.229. The van der Waals surface area contributed by atoms with Gasteiger partial charge in [0.2, 0.25) is 5.88 Å².